The lowest BCUT2D eigenvalue weighted by Gasteiger charge is -2.11. The maximum atomic E-state index is 12.0. The summed E-state index contributed by atoms with van der Waals surface area (Å²) in [7, 11) is 3.97. The Labute approximate surface area is 146 Å². The van der Waals surface area contributed by atoms with Crippen LogP contribution in [0.5, 0.6) is 5.75 Å². The van der Waals surface area contributed by atoms with Crippen molar-refractivity contribution >= 4 is 23.7 Å². The molecule has 2 rings (SSSR count). The molecule has 0 aliphatic rings. The second-order valence-corrected chi connectivity index (χ2v) is 5.86. The molecule has 0 aromatic heterocycles. The van der Waals surface area contributed by atoms with Gasteiger partial charge in [-0.25, -0.2) is 5.43 Å². The number of rotatable bonds is 7. The molecular formula is C18H20ClN3O2. The number of benzene rings is 2. The Morgan fingerprint density at radius 1 is 1.17 bits per heavy atom. The topological polar surface area (TPSA) is 53.9 Å². The van der Waals surface area contributed by atoms with Gasteiger partial charge in [0.05, 0.1) is 6.21 Å². The summed E-state index contributed by atoms with van der Waals surface area (Å²) < 4.78 is 5.59. The van der Waals surface area contributed by atoms with Crippen molar-refractivity contribution in [3.05, 3.63) is 64.7 Å². The fourth-order valence-electron chi connectivity index (χ4n) is 1.83. The number of hydrogen-bond donors (Lipinski definition) is 1. The molecule has 0 saturated carbocycles. The minimum Gasteiger partial charge on any atom is -0.492 e. The van der Waals surface area contributed by atoms with Crippen LogP contribution in [0.3, 0.4) is 0 Å². The van der Waals surface area contributed by atoms with Crippen LogP contribution in [0.15, 0.2) is 53.6 Å². The predicted octanol–water partition coefficient (Wildman–Crippen LogP) is 3.04. The molecule has 0 spiro atoms. The number of ether oxygens (including phenoxy) is 1. The third-order valence-corrected chi connectivity index (χ3v) is 3.43. The van der Waals surface area contributed by atoms with Gasteiger partial charge in [0.25, 0.3) is 5.91 Å². The number of hydrogen-bond acceptors (Lipinski definition) is 4. The molecule has 0 radical (unpaired) electrons. The molecule has 0 bridgehead atoms. The largest absolute Gasteiger partial charge is 0.492 e. The van der Waals surface area contributed by atoms with Crippen molar-refractivity contribution in [2.24, 2.45) is 5.10 Å². The Bertz CT molecular complexity index is 682. The van der Waals surface area contributed by atoms with E-state index in [9.17, 15) is 4.79 Å². The van der Waals surface area contributed by atoms with E-state index in [1.807, 2.05) is 31.1 Å². The quantitative estimate of drug-likeness (QED) is 0.620. The van der Waals surface area contributed by atoms with E-state index in [-0.39, 0.29) is 5.91 Å². The van der Waals surface area contributed by atoms with Gasteiger partial charge in [-0.2, -0.15) is 5.10 Å². The van der Waals surface area contributed by atoms with Gasteiger partial charge >= 0.3 is 0 Å². The average molecular weight is 346 g/mol. The van der Waals surface area contributed by atoms with Crippen LogP contribution in [0.1, 0.15) is 15.9 Å². The molecule has 5 nitrogen and oxygen atoms in total. The molecule has 0 saturated heterocycles. The highest BCUT2D eigenvalue weighted by Gasteiger charge is 2.04. The second-order valence-electron chi connectivity index (χ2n) is 5.43. The zero-order valence-corrected chi connectivity index (χ0v) is 14.5. The Balaban J connectivity index is 1.84. The lowest BCUT2D eigenvalue weighted by molar-refractivity contribution is 0.0955. The normalized spacial score (nSPS) is 11.0. The summed E-state index contributed by atoms with van der Waals surface area (Å²) in [5.74, 6) is 0.457. The van der Waals surface area contributed by atoms with Crippen molar-refractivity contribution in [2.75, 3.05) is 27.2 Å². The summed E-state index contributed by atoms with van der Waals surface area (Å²) in [6.07, 6.45) is 1.56. The molecule has 0 aliphatic carbocycles. The summed E-state index contributed by atoms with van der Waals surface area (Å²) in [5, 5.41) is 4.59. The van der Waals surface area contributed by atoms with Crippen LogP contribution in [-0.2, 0) is 0 Å². The van der Waals surface area contributed by atoms with Crippen LogP contribution >= 0.6 is 11.6 Å². The molecule has 2 aromatic carbocycles. The second kappa shape index (κ2) is 9.05. The molecule has 0 aliphatic heterocycles. The first kappa shape index (κ1) is 18.0. The lowest BCUT2D eigenvalue weighted by atomic mass is 10.2. The molecule has 2 aromatic rings. The first-order valence-corrected chi connectivity index (χ1v) is 7.89. The van der Waals surface area contributed by atoms with Gasteiger partial charge in [-0.05, 0) is 56.1 Å². The Morgan fingerprint density at radius 2 is 1.83 bits per heavy atom. The first-order valence-electron chi connectivity index (χ1n) is 7.51. The van der Waals surface area contributed by atoms with Crippen LogP contribution in [0.4, 0.5) is 0 Å². The van der Waals surface area contributed by atoms with Crippen molar-refractivity contribution in [1.82, 2.24) is 10.3 Å². The maximum absolute atomic E-state index is 12.0. The number of hydrazone groups is 1. The standard InChI is InChI=1S/C18H20ClN3O2/c1-22(2)11-12-24-17-9-5-15(6-10-17)18(23)21-20-13-14-3-7-16(19)8-4-14/h3-10,13H,11-12H2,1-2H3,(H,21,23)/b20-13+. The maximum Gasteiger partial charge on any atom is 0.271 e. The number of amides is 1. The van der Waals surface area contributed by atoms with Crippen LogP contribution in [0.2, 0.25) is 5.02 Å². The number of likely N-dealkylation sites (N-methyl/N-ethyl adjacent to an activating group) is 1. The van der Waals surface area contributed by atoms with E-state index in [1.54, 1.807) is 42.6 Å². The highest BCUT2D eigenvalue weighted by molar-refractivity contribution is 6.30. The van der Waals surface area contributed by atoms with Gasteiger partial charge in [0.1, 0.15) is 12.4 Å². The first-order chi connectivity index (χ1) is 11.5. The minimum absolute atomic E-state index is 0.278. The van der Waals surface area contributed by atoms with Gasteiger partial charge in [0.2, 0.25) is 0 Å². The van der Waals surface area contributed by atoms with Crippen molar-refractivity contribution in [1.29, 1.82) is 0 Å². The Hall–Kier alpha value is -2.37. The van der Waals surface area contributed by atoms with E-state index in [2.05, 4.69) is 10.5 Å². The number of nitrogens with zero attached hydrogens (tertiary/aromatic N) is 2. The van der Waals surface area contributed by atoms with Gasteiger partial charge < -0.3 is 9.64 Å². The summed E-state index contributed by atoms with van der Waals surface area (Å²) in [6.45, 7) is 1.44. The average Bonchev–Trinajstić information content (AvgIpc) is 2.57. The fraction of sp³-hybridized carbons (Fsp3) is 0.222. The highest BCUT2D eigenvalue weighted by Crippen LogP contribution is 2.12. The zero-order valence-electron chi connectivity index (χ0n) is 13.7. The molecule has 24 heavy (non-hydrogen) atoms. The molecule has 1 amide bonds. The summed E-state index contributed by atoms with van der Waals surface area (Å²) in [6, 6.07) is 14.1. The predicted molar refractivity (Wildman–Crippen MR) is 97.0 cm³/mol. The molecule has 0 atom stereocenters. The molecule has 6 heteroatoms. The zero-order chi connectivity index (χ0) is 17.4. The van der Waals surface area contributed by atoms with Gasteiger partial charge in [-0.15, -0.1) is 0 Å². The molecule has 0 fully saturated rings. The van der Waals surface area contributed by atoms with Crippen molar-refractivity contribution < 1.29 is 9.53 Å². The fourth-order valence-corrected chi connectivity index (χ4v) is 1.95. The third kappa shape index (κ3) is 6.02. The Morgan fingerprint density at radius 3 is 2.46 bits per heavy atom. The van der Waals surface area contributed by atoms with Crippen LogP contribution in [-0.4, -0.2) is 44.3 Å². The highest BCUT2D eigenvalue weighted by atomic mass is 35.5. The van der Waals surface area contributed by atoms with E-state index < -0.39 is 0 Å². The molecule has 1 N–H and O–H groups in total. The smallest absolute Gasteiger partial charge is 0.271 e. The molecule has 126 valence electrons. The third-order valence-electron chi connectivity index (χ3n) is 3.17. The van der Waals surface area contributed by atoms with Gasteiger partial charge in [-0.3, -0.25) is 4.79 Å². The van der Waals surface area contributed by atoms with Crippen molar-refractivity contribution in [2.45, 2.75) is 0 Å². The molecule has 0 unspecified atom stereocenters. The van der Waals surface area contributed by atoms with E-state index in [0.717, 1.165) is 17.9 Å². The van der Waals surface area contributed by atoms with Crippen LogP contribution in [0, 0.1) is 0 Å². The monoisotopic (exact) mass is 345 g/mol. The number of nitrogens with one attached hydrogen (secondary N) is 1. The van der Waals surface area contributed by atoms with Gasteiger partial charge in [-0.1, -0.05) is 23.7 Å². The van der Waals surface area contributed by atoms with E-state index in [1.165, 1.54) is 0 Å². The van der Waals surface area contributed by atoms with E-state index >= 15 is 0 Å². The van der Waals surface area contributed by atoms with Crippen molar-refractivity contribution in [3.63, 3.8) is 0 Å². The lowest BCUT2D eigenvalue weighted by Crippen LogP contribution is -2.19. The molecule has 0 heterocycles. The summed E-state index contributed by atoms with van der Waals surface area (Å²) in [5.41, 5.74) is 3.86. The van der Waals surface area contributed by atoms with Gasteiger partial charge in [0, 0.05) is 17.1 Å². The van der Waals surface area contributed by atoms with Crippen molar-refractivity contribution in [3.8, 4) is 5.75 Å². The Kier molecular flexibility index (Phi) is 6.78. The number of halogens is 1. The van der Waals surface area contributed by atoms with Gasteiger partial charge in [0.15, 0.2) is 0 Å². The number of carbonyl (C=O) groups excluding carboxylic acids is 1. The van der Waals surface area contributed by atoms with Crippen LogP contribution in [0.25, 0.3) is 0 Å². The van der Waals surface area contributed by atoms with E-state index in [0.29, 0.717) is 17.2 Å². The van der Waals surface area contributed by atoms with Crippen LogP contribution < -0.4 is 10.2 Å². The minimum atomic E-state index is -0.278. The summed E-state index contributed by atoms with van der Waals surface area (Å²) in [4.78, 5) is 14.1. The molecular weight excluding hydrogens is 326 g/mol. The summed E-state index contributed by atoms with van der Waals surface area (Å²) >= 11 is 5.81. The number of carbonyl (C=O) groups is 1. The van der Waals surface area contributed by atoms with E-state index in [4.69, 9.17) is 16.3 Å². The SMILES string of the molecule is CN(C)CCOc1ccc(C(=O)N/N=C/c2ccc(Cl)cc2)cc1.